The van der Waals surface area contributed by atoms with Gasteiger partial charge in [-0.15, -0.1) is 0 Å². The van der Waals surface area contributed by atoms with E-state index in [0.29, 0.717) is 6.42 Å². The third kappa shape index (κ3) is 5.27. The lowest BCUT2D eigenvalue weighted by molar-refractivity contribution is 0.193. The quantitative estimate of drug-likeness (QED) is 0.720. The number of aliphatic hydroxyl groups is 1. The number of aliphatic hydroxyl groups excluding tert-OH is 1. The van der Waals surface area contributed by atoms with Crippen LogP contribution in [-0.2, 0) is 16.4 Å². The molecule has 2 rings (SSSR count). The van der Waals surface area contributed by atoms with Crippen LogP contribution in [0.25, 0.3) is 0 Å². The summed E-state index contributed by atoms with van der Waals surface area (Å²) in [6.07, 6.45) is 2.33. The van der Waals surface area contributed by atoms with E-state index in [9.17, 15) is 13.5 Å². The fourth-order valence-corrected chi connectivity index (χ4v) is 4.26. The lowest BCUT2D eigenvalue weighted by Crippen LogP contribution is -2.44. The highest BCUT2D eigenvalue weighted by atomic mass is 32.2. The molecule has 0 unspecified atom stereocenters. The number of hydrogen-bond acceptors (Lipinski definition) is 3. The number of hydrogen-bond donors (Lipinski definition) is 1. The second-order valence-electron chi connectivity index (χ2n) is 6.70. The number of rotatable bonds is 8. The molecule has 26 heavy (non-hydrogen) atoms. The molecule has 0 spiro atoms. The van der Waals surface area contributed by atoms with Crippen LogP contribution in [0, 0.1) is 6.92 Å². The molecule has 0 fully saturated rings. The van der Waals surface area contributed by atoms with Gasteiger partial charge in [0.25, 0.3) is 0 Å². The van der Waals surface area contributed by atoms with Crippen LogP contribution in [0.15, 0.2) is 71.1 Å². The van der Waals surface area contributed by atoms with Gasteiger partial charge in [0.15, 0.2) is 0 Å². The molecule has 0 aliphatic heterocycles. The molecule has 0 saturated heterocycles. The maximum Gasteiger partial charge on any atom is 0.243 e. The topological polar surface area (TPSA) is 57.6 Å². The predicted octanol–water partition coefficient (Wildman–Crippen LogP) is 3.56. The Labute approximate surface area is 156 Å². The number of nitrogens with zero attached hydrogens (tertiary/aromatic N) is 1. The van der Waals surface area contributed by atoms with Crippen LogP contribution in [0.2, 0.25) is 0 Å². The summed E-state index contributed by atoms with van der Waals surface area (Å²) in [5.41, 5.74) is 3.03. The van der Waals surface area contributed by atoms with E-state index in [1.807, 2.05) is 57.2 Å². The van der Waals surface area contributed by atoms with E-state index in [-0.39, 0.29) is 18.0 Å². The van der Waals surface area contributed by atoms with Gasteiger partial charge in [-0.3, -0.25) is 0 Å². The number of benzene rings is 2. The largest absolute Gasteiger partial charge is 0.395 e. The van der Waals surface area contributed by atoms with Gasteiger partial charge in [0.05, 0.1) is 17.5 Å². The van der Waals surface area contributed by atoms with Crippen molar-refractivity contribution >= 4 is 10.0 Å². The molecule has 2 aromatic carbocycles. The van der Waals surface area contributed by atoms with Crippen LogP contribution in [0.3, 0.4) is 0 Å². The molecule has 5 heteroatoms. The van der Waals surface area contributed by atoms with Gasteiger partial charge in [-0.05, 0) is 44.9 Å². The minimum absolute atomic E-state index is 0.233. The van der Waals surface area contributed by atoms with E-state index in [4.69, 9.17) is 0 Å². The molecule has 0 amide bonds. The highest BCUT2D eigenvalue weighted by Gasteiger charge is 2.30. The van der Waals surface area contributed by atoms with E-state index >= 15 is 0 Å². The van der Waals surface area contributed by atoms with Gasteiger partial charge in [0.2, 0.25) is 10.0 Å². The molecule has 2 aromatic rings. The van der Waals surface area contributed by atoms with Gasteiger partial charge >= 0.3 is 0 Å². The summed E-state index contributed by atoms with van der Waals surface area (Å²) in [7, 11) is -3.72. The molecule has 0 radical (unpaired) electrons. The zero-order valence-electron chi connectivity index (χ0n) is 15.6. The number of allylic oxidation sites excluding steroid dienone is 1. The van der Waals surface area contributed by atoms with E-state index in [0.717, 1.165) is 16.7 Å². The second-order valence-corrected chi connectivity index (χ2v) is 8.59. The molecule has 0 saturated carbocycles. The number of sulfonamides is 1. The first kappa shape index (κ1) is 20.4. The van der Waals surface area contributed by atoms with E-state index in [1.54, 1.807) is 24.3 Å². The highest BCUT2D eigenvalue weighted by Crippen LogP contribution is 2.21. The lowest BCUT2D eigenvalue weighted by atomic mass is 10.1. The zero-order chi connectivity index (χ0) is 19.2. The second kappa shape index (κ2) is 9.12. The fourth-order valence-electron chi connectivity index (χ4n) is 2.71. The maximum absolute atomic E-state index is 13.2. The predicted molar refractivity (Wildman–Crippen MR) is 106 cm³/mol. The van der Waals surface area contributed by atoms with E-state index < -0.39 is 16.1 Å². The summed E-state index contributed by atoms with van der Waals surface area (Å²) in [5, 5.41) is 9.95. The Hall–Kier alpha value is -1.95. The molecule has 0 heterocycles. The van der Waals surface area contributed by atoms with Crippen molar-refractivity contribution in [1.29, 1.82) is 0 Å². The Kier molecular flexibility index (Phi) is 7.14. The first-order valence-corrected chi connectivity index (χ1v) is 10.1. The van der Waals surface area contributed by atoms with Gasteiger partial charge in [-0.1, -0.05) is 59.7 Å². The summed E-state index contributed by atoms with van der Waals surface area (Å²) in [6, 6.07) is 15.9. The first-order valence-electron chi connectivity index (χ1n) is 8.71. The Morgan fingerprint density at radius 2 is 1.69 bits per heavy atom. The van der Waals surface area contributed by atoms with Crippen molar-refractivity contribution in [3.8, 4) is 0 Å². The van der Waals surface area contributed by atoms with Crippen molar-refractivity contribution in [2.24, 2.45) is 0 Å². The molecule has 1 N–H and O–H groups in total. The molecular weight excluding hydrogens is 346 g/mol. The van der Waals surface area contributed by atoms with Gasteiger partial charge in [0, 0.05) is 6.54 Å². The van der Waals surface area contributed by atoms with Crippen LogP contribution in [0.1, 0.15) is 25.0 Å². The third-order valence-electron chi connectivity index (χ3n) is 4.24. The summed E-state index contributed by atoms with van der Waals surface area (Å²) in [5.74, 6) is 0. The smallest absolute Gasteiger partial charge is 0.243 e. The minimum Gasteiger partial charge on any atom is -0.395 e. The van der Waals surface area contributed by atoms with Crippen LogP contribution in [0.5, 0.6) is 0 Å². The first-order chi connectivity index (χ1) is 12.3. The molecule has 0 aliphatic carbocycles. The van der Waals surface area contributed by atoms with Crippen molar-refractivity contribution in [3.05, 3.63) is 77.4 Å². The molecule has 1 atom stereocenters. The molecule has 140 valence electrons. The fraction of sp³-hybridized carbons (Fsp3) is 0.333. The Bertz CT molecular complexity index is 823. The molecule has 0 aliphatic rings. The van der Waals surface area contributed by atoms with Gasteiger partial charge in [-0.2, -0.15) is 4.31 Å². The van der Waals surface area contributed by atoms with Crippen LogP contribution < -0.4 is 0 Å². The van der Waals surface area contributed by atoms with Crippen molar-refractivity contribution in [1.82, 2.24) is 4.31 Å². The summed E-state index contributed by atoms with van der Waals surface area (Å²) in [6.45, 7) is 5.78. The molecular formula is C21H27NO3S. The third-order valence-corrected chi connectivity index (χ3v) is 6.17. The highest BCUT2D eigenvalue weighted by molar-refractivity contribution is 7.89. The van der Waals surface area contributed by atoms with E-state index in [2.05, 4.69) is 0 Å². The maximum atomic E-state index is 13.2. The zero-order valence-corrected chi connectivity index (χ0v) is 16.4. The minimum atomic E-state index is -3.72. The average molecular weight is 374 g/mol. The van der Waals surface area contributed by atoms with Crippen molar-refractivity contribution < 1.29 is 13.5 Å². The summed E-state index contributed by atoms with van der Waals surface area (Å²) in [4.78, 5) is 0.247. The lowest BCUT2D eigenvalue weighted by Gasteiger charge is -2.29. The van der Waals surface area contributed by atoms with Crippen molar-refractivity contribution in [2.75, 3.05) is 13.2 Å². The van der Waals surface area contributed by atoms with E-state index in [1.165, 1.54) is 4.31 Å². The van der Waals surface area contributed by atoms with Crippen LogP contribution >= 0.6 is 0 Å². The number of aryl methyl sites for hydroxylation is 1. The average Bonchev–Trinajstić information content (AvgIpc) is 2.61. The van der Waals surface area contributed by atoms with Gasteiger partial charge < -0.3 is 5.11 Å². The van der Waals surface area contributed by atoms with Crippen molar-refractivity contribution in [3.63, 3.8) is 0 Å². The Morgan fingerprint density at radius 3 is 2.23 bits per heavy atom. The normalized spacial score (nSPS) is 12.8. The summed E-state index contributed by atoms with van der Waals surface area (Å²) < 4.78 is 27.9. The monoisotopic (exact) mass is 373 g/mol. The van der Waals surface area contributed by atoms with Crippen LogP contribution in [-0.4, -0.2) is 37.0 Å². The standard InChI is InChI=1S/C21H27NO3S/c1-17(2)13-14-22(20(16-23)15-19-7-5-4-6-8-19)26(24,25)21-11-9-18(3)10-12-21/h4-13,20,23H,14-16H2,1-3H3/t20-/m0/s1. The summed E-state index contributed by atoms with van der Waals surface area (Å²) >= 11 is 0. The molecule has 0 bridgehead atoms. The van der Waals surface area contributed by atoms with Gasteiger partial charge in [0.1, 0.15) is 0 Å². The SMILES string of the molecule is CC(C)=CCN([C@H](CO)Cc1ccccc1)S(=O)(=O)c1ccc(C)cc1. The van der Waals surface area contributed by atoms with Crippen molar-refractivity contribution in [2.45, 2.75) is 38.1 Å². The molecule has 0 aromatic heterocycles. The molecule has 4 nitrogen and oxygen atoms in total. The Balaban J connectivity index is 2.40. The Morgan fingerprint density at radius 1 is 1.08 bits per heavy atom. The van der Waals surface area contributed by atoms with Crippen LogP contribution in [0.4, 0.5) is 0 Å². The van der Waals surface area contributed by atoms with Gasteiger partial charge in [-0.25, -0.2) is 8.42 Å².